The fourth-order valence-corrected chi connectivity index (χ4v) is 2.53. The quantitative estimate of drug-likeness (QED) is 0.871. The fraction of sp³-hybridized carbons (Fsp3) is 0.500. The van der Waals surface area contributed by atoms with Crippen LogP contribution in [0.4, 0.5) is 5.69 Å². The number of rotatable bonds is 5. The monoisotopic (exact) mass is 273 g/mol. The van der Waals surface area contributed by atoms with Crippen molar-refractivity contribution >= 4 is 5.69 Å². The highest BCUT2D eigenvalue weighted by Crippen LogP contribution is 2.32. The van der Waals surface area contributed by atoms with Crippen molar-refractivity contribution in [2.24, 2.45) is 5.92 Å². The van der Waals surface area contributed by atoms with Crippen LogP contribution >= 0.6 is 0 Å². The molecular weight excluding hydrogens is 254 g/mol. The number of hydrogen-bond acceptors (Lipinski definition) is 5. The van der Waals surface area contributed by atoms with Crippen molar-refractivity contribution in [2.75, 3.05) is 18.5 Å². The molecule has 3 rings (SSSR count). The summed E-state index contributed by atoms with van der Waals surface area (Å²) >= 11 is 0. The highest BCUT2D eigenvalue weighted by molar-refractivity contribution is 5.43. The summed E-state index contributed by atoms with van der Waals surface area (Å²) < 4.78 is 5.76. The lowest BCUT2D eigenvalue weighted by Gasteiger charge is -2.17. The van der Waals surface area contributed by atoms with E-state index in [0.717, 1.165) is 43.2 Å². The first-order chi connectivity index (χ1) is 9.86. The average molecular weight is 273 g/mol. The number of aryl methyl sites for hydroxylation is 1. The van der Waals surface area contributed by atoms with Crippen LogP contribution in [-0.4, -0.2) is 33.3 Å². The van der Waals surface area contributed by atoms with Crippen molar-refractivity contribution in [2.45, 2.75) is 25.9 Å². The highest BCUT2D eigenvalue weighted by Gasteiger charge is 2.31. The topological polar surface area (TPSA) is 75.7 Å². The van der Waals surface area contributed by atoms with Crippen LogP contribution in [0.3, 0.4) is 0 Å². The van der Waals surface area contributed by atoms with E-state index in [0.29, 0.717) is 5.92 Å². The molecule has 0 radical (unpaired) electrons. The molecule has 1 aliphatic rings. The van der Waals surface area contributed by atoms with Gasteiger partial charge in [0.2, 0.25) is 0 Å². The Kier molecular flexibility index (Phi) is 3.92. The van der Waals surface area contributed by atoms with E-state index in [2.05, 4.69) is 38.5 Å². The van der Waals surface area contributed by atoms with Crippen LogP contribution in [0.1, 0.15) is 31.0 Å². The number of aromatic amines is 1. The van der Waals surface area contributed by atoms with Gasteiger partial charge in [-0.3, -0.25) is 10.1 Å². The molecule has 3 heterocycles. The number of pyridine rings is 1. The van der Waals surface area contributed by atoms with Crippen molar-refractivity contribution in [3.05, 3.63) is 36.2 Å². The largest absolute Gasteiger partial charge is 0.385 e. The number of ether oxygens (including phenoxy) is 1. The summed E-state index contributed by atoms with van der Waals surface area (Å²) in [5.74, 6) is 1.22. The van der Waals surface area contributed by atoms with Gasteiger partial charge in [-0.25, -0.2) is 4.98 Å². The molecule has 2 aromatic heterocycles. The molecule has 20 heavy (non-hydrogen) atoms. The third-order valence-corrected chi connectivity index (χ3v) is 3.66. The third kappa shape index (κ3) is 2.80. The second-order valence-electron chi connectivity index (χ2n) is 4.98. The van der Waals surface area contributed by atoms with Gasteiger partial charge in [0.1, 0.15) is 12.4 Å². The first-order valence-corrected chi connectivity index (χ1v) is 7.02. The van der Waals surface area contributed by atoms with E-state index in [4.69, 9.17) is 4.74 Å². The molecule has 0 amide bonds. The average Bonchev–Trinajstić information content (AvgIpc) is 3.16. The van der Waals surface area contributed by atoms with Crippen LogP contribution in [0, 0.1) is 5.92 Å². The lowest BCUT2D eigenvalue weighted by atomic mass is 10.0. The van der Waals surface area contributed by atoms with E-state index < -0.39 is 0 Å². The Morgan fingerprint density at radius 1 is 1.45 bits per heavy atom. The maximum atomic E-state index is 5.76. The molecule has 2 aromatic rings. The van der Waals surface area contributed by atoms with Crippen molar-refractivity contribution < 1.29 is 4.74 Å². The van der Waals surface area contributed by atoms with Crippen molar-refractivity contribution in [3.8, 4) is 0 Å². The maximum absolute atomic E-state index is 5.76. The van der Waals surface area contributed by atoms with Gasteiger partial charge < -0.3 is 10.1 Å². The predicted octanol–water partition coefficient (Wildman–Crippen LogP) is 1.95. The van der Waals surface area contributed by atoms with Gasteiger partial charge in [0.25, 0.3) is 0 Å². The standard InChI is InChI=1S/C14H19N5O/c1-2-11-7-12(3-5-15-11)16-8-10-4-6-20-13(10)14-17-9-18-19-14/h3,5,7,9-10,13H,2,4,6,8H2,1H3,(H,15,16)(H,17,18,19)/t10-,13-/m0/s1. The van der Waals surface area contributed by atoms with Crippen LogP contribution < -0.4 is 5.32 Å². The van der Waals surface area contributed by atoms with Crippen LogP contribution in [0.2, 0.25) is 0 Å². The molecule has 0 saturated carbocycles. The Morgan fingerprint density at radius 3 is 3.20 bits per heavy atom. The van der Waals surface area contributed by atoms with Crippen LogP contribution in [0.15, 0.2) is 24.7 Å². The van der Waals surface area contributed by atoms with Crippen molar-refractivity contribution in [1.29, 1.82) is 0 Å². The molecule has 106 valence electrons. The number of aromatic nitrogens is 4. The van der Waals surface area contributed by atoms with E-state index in [1.165, 1.54) is 6.33 Å². The Morgan fingerprint density at radius 2 is 2.40 bits per heavy atom. The van der Waals surface area contributed by atoms with Crippen LogP contribution in [-0.2, 0) is 11.2 Å². The molecule has 0 spiro atoms. The molecule has 0 aromatic carbocycles. The molecule has 0 unspecified atom stereocenters. The maximum Gasteiger partial charge on any atom is 0.153 e. The molecule has 0 bridgehead atoms. The van der Waals surface area contributed by atoms with E-state index in [-0.39, 0.29) is 6.10 Å². The molecule has 1 aliphatic heterocycles. The van der Waals surface area contributed by atoms with Crippen molar-refractivity contribution in [3.63, 3.8) is 0 Å². The molecule has 2 atom stereocenters. The zero-order valence-corrected chi connectivity index (χ0v) is 11.5. The van der Waals surface area contributed by atoms with Gasteiger partial charge in [0.15, 0.2) is 5.82 Å². The first kappa shape index (κ1) is 13.1. The second kappa shape index (κ2) is 6.00. The number of hydrogen-bond donors (Lipinski definition) is 2. The summed E-state index contributed by atoms with van der Waals surface area (Å²) in [7, 11) is 0. The summed E-state index contributed by atoms with van der Waals surface area (Å²) in [6.45, 7) is 3.74. The molecule has 6 heteroatoms. The summed E-state index contributed by atoms with van der Waals surface area (Å²) in [6, 6.07) is 4.09. The molecular formula is C14H19N5O. The number of H-pyrrole nitrogens is 1. The van der Waals surface area contributed by atoms with Gasteiger partial charge >= 0.3 is 0 Å². The lowest BCUT2D eigenvalue weighted by molar-refractivity contribution is 0.0864. The van der Waals surface area contributed by atoms with Crippen molar-refractivity contribution in [1.82, 2.24) is 20.2 Å². The highest BCUT2D eigenvalue weighted by atomic mass is 16.5. The third-order valence-electron chi connectivity index (χ3n) is 3.66. The minimum Gasteiger partial charge on any atom is -0.385 e. The Hall–Kier alpha value is -1.95. The molecule has 6 nitrogen and oxygen atoms in total. The molecule has 0 aliphatic carbocycles. The normalized spacial score (nSPS) is 22.1. The Bertz CT molecular complexity index is 542. The van der Waals surface area contributed by atoms with E-state index in [1.54, 1.807) is 0 Å². The van der Waals surface area contributed by atoms with Crippen LogP contribution in [0.5, 0.6) is 0 Å². The summed E-state index contributed by atoms with van der Waals surface area (Å²) in [5, 5.41) is 10.3. The van der Waals surface area contributed by atoms with Gasteiger partial charge in [-0.05, 0) is 25.0 Å². The summed E-state index contributed by atoms with van der Waals surface area (Å²) in [5.41, 5.74) is 2.21. The van der Waals surface area contributed by atoms with E-state index >= 15 is 0 Å². The molecule has 1 saturated heterocycles. The van der Waals surface area contributed by atoms with E-state index in [9.17, 15) is 0 Å². The minimum atomic E-state index is 0.0116. The molecule has 2 N–H and O–H groups in total. The zero-order valence-electron chi connectivity index (χ0n) is 11.5. The number of nitrogens with zero attached hydrogens (tertiary/aromatic N) is 3. The number of nitrogens with one attached hydrogen (secondary N) is 2. The first-order valence-electron chi connectivity index (χ1n) is 7.02. The summed E-state index contributed by atoms with van der Waals surface area (Å²) in [4.78, 5) is 8.51. The van der Waals surface area contributed by atoms with Gasteiger partial charge in [0.05, 0.1) is 0 Å². The SMILES string of the molecule is CCc1cc(NC[C@@H]2CCO[C@@H]2c2ncn[nH]2)ccn1. The smallest absolute Gasteiger partial charge is 0.153 e. The zero-order chi connectivity index (χ0) is 13.8. The molecule has 1 fully saturated rings. The Balaban J connectivity index is 1.62. The Labute approximate surface area is 118 Å². The minimum absolute atomic E-state index is 0.0116. The van der Waals surface area contributed by atoms with Crippen LogP contribution in [0.25, 0.3) is 0 Å². The fourth-order valence-electron chi connectivity index (χ4n) is 2.53. The van der Waals surface area contributed by atoms with E-state index in [1.807, 2.05) is 12.3 Å². The lowest BCUT2D eigenvalue weighted by Crippen LogP contribution is -2.19. The van der Waals surface area contributed by atoms with Gasteiger partial charge in [-0.15, -0.1) is 0 Å². The van der Waals surface area contributed by atoms with Gasteiger partial charge in [-0.1, -0.05) is 6.92 Å². The second-order valence-corrected chi connectivity index (χ2v) is 4.98. The number of anilines is 1. The van der Waals surface area contributed by atoms with Gasteiger partial charge in [0, 0.05) is 36.6 Å². The summed E-state index contributed by atoms with van der Waals surface area (Å²) in [6.07, 6.45) is 5.36. The van der Waals surface area contributed by atoms with Gasteiger partial charge in [-0.2, -0.15) is 5.10 Å². The predicted molar refractivity (Wildman–Crippen MR) is 75.3 cm³/mol.